The molecule has 45 heavy (non-hydrogen) atoms. The predicted octanol–water partition coefficient (Wildman–Crippen LogP) is 5.61. The molecule has 3 aliphatic rings. The molecule has 11 heteroatoms. The molecular weight excluding hydrogens is 583 g/mol. The second kappa shape index (κ2) is 12.9. The zero-order valence-electron chi connectivity index (χ0n) is 25.5. The van der Waals surface area contributed by atoms with Crippen molar-refractivity contribution in [3.05, 3.63) is 53.7 Å². The number of fused-ring (bicyclic) bond motifs is 1. The van der Waals surface area contributed by atoms with Gasteiger partial charge in [0.1, 0.15) is 12.3 Å². The number of rotatable bonds is 8. The van der Waals surface area contributed by atoms with Crippen molar-refractivity contribution in [2.75, 3.05) is 50.6 Å². The van der Waals surface area contributed by atoms with E-state index < -0.39 is 18.6 Å². The third-order valence-electron chi connectivity index (χ3n) is 9.41. The minimum Gasteiger partial charge on any atom is -0.495 e. The smallest absolute Gasteiger partial charge is 0.406 e. The molecule has 2 aliphatic heterocycles. The number of hydrogen-bond acceptors (Lipinski definition) is 6. The molecule has 1 saturated carbocycles. The number of primary amides is 1. The maximum absolute atomic E-state index is 13.7. The standard InChI is InChI=1S/C34H40F3N5O3/c1-44-31-17-23(32(38)43)8-13-29(31)39-15-3-5-26-18-27-28(6-2-7-30(27)42(26)21-34(35,36)37)40-24-9-11-25(12-10-24)41-19-33(20-41)14-4-16-45-22-33/h2,6-8,13,17-18,24-25,39-40H,4,9-12,14-16,19-22H2,1H3,(H2,38,43)/t24-,25+. The summed E-state index contributed by atoms with van der Waals surface area (Å²) in [6.45, 7) is 3.07. The van der Waals surface area contributed by atoms with E-state index >= 15 is 0 Å². The Labute approximate surface area is 261 Å². The molecule has 1 spiro atoms. The van der Waals surface area contributed by atoms with E-state index in [0.717, 1.165) is 69.5 Å². The molecule has 0 bridgehead atoms. The second-order valence-electron chi connectivity index (χ2n) is 12.6. The van der Waals surface area contributed by atoms with E-state index in [4.69, 9.17) is 15.2 Å². The Morgan fingerprint density at radius 2 is 1.93 bits per heavy atom. The first-order valence-electron chi connectivity index (χ1n) is 15.6. The summed E-state index contributed by atoms with van der Waals surface area (Å²) in [5.74, 6) is 5.73. The normalized spacial score (nSPS) is 21.5. The number of aromatic nitrogens is 1. The quantitative estimate of drug-likeness (QED) is 0.283. The van der Waals surface area contributed by atoms with Crippen LogP contribution in [-0.4, -0.2) is 73.6 Å². The number of ether oxygens (including phenoxy) is 2. The zero-order valence-corrected chi connectivity index (χ0v) is 25.5. The number of amides is 1. The van der Waals surface area contributed by atoms with Gasteiger partial charge < -0.3 is 30.4 Å². The van der Waals surface area contributed by atoms with E-state index in [2.05, 4.69) is 27.4 Å². The molecular formula is C34H40F3N5O3. The molecule has 2 saturated heterocycles. The molecule has 2 aromatic carbocycles. The van der Waals surface area contributed by atoms with Crippen molar-refractivity contribution in [1.29, 1.82) is 0 Å². The largest absolute Gasteiger partial charge is 0.495 e. The Morgan fingerprint density at radius 1 is 1.13 bits per heavy atom. The lowest BCUT2D eigenvalue weighted by Gasteiger charge is -2.55. The van der Waals surface area contributed by atoms with Crippen molar-refractivity contribution in [3.63, 3.8) is 0 Å². The highest BCUT2D eigenvalue weighted by atomic mass is 19.4. The molecule has 3 heterocycles. The summed E-state index contributed by atoms with van der Waals surface area (Å²) in [4.78, 5) is 14.1. The van der Waals surface area contributed by atoms with E-state index in [1.54, 1.807) is 30.3 Å². The van der Waals surface area contributed by atoms with Gasteiger partial charge >= 0.3 is 6.18 Å². The average molecular weight is 624 g/mol. The van der Waals surface area contributed by atoms with Crippen molar-refractivity contribution < 1.29 is 27.4 Å². The van der Waals surface area contributed by atoms with Gasteiger partial charge in [-0.05, 0) is 80.8 Å². The number of methoxy groups -OCH3 is 1. The Balaban J connectivity index is 1.13. The van der Waals surface area contributed by atoms with Crippen LogP contribution >= 0.6 is 0 Å². The van der Waals surface area contributed by atoms with Crippen LogP contribution in [0.5, 0.6) is 5.75 Å². The SMILES string of the molecule is COc1cc(C(N)=O)ccc1NCC#Cc1cc2c(N[C@H]3CC[C@@H](N4CC5(CCCOC5)C4)CC3)cccc2n1CC(F)(F)F. The predicted molar refractivity (Wildman–Crippen MR) is 169 cm³/mol. The van der Waals surface area contributed by atoms with Gasteiger partial charge in [0.2, 0.25) is 5.91 Å². The zero-order chi connectivity index (χ0) is 31.6. The summed E-state index contributed by atoms with van der Waals surface area (Å²) < 4.78 is 53.4. The molecule has 4 N–H and O–H groups in total. The van der Waals surface area contributed by atoms with Gasteiger partial charge in [-0.15, -0.1) is 0 Å². The molecule has 0 radical (unpaired) electrons. The van der Waals surface area contributed by atoms with Crippen LogP contribution in [0.25, 0.3) is 10.9 Å². The fourth-order valence-corrected chi connectivity index (χ4v) is 7.17. The summed E-state index contributed by atoms with van der Waals surface area (Å²) in [6, 6.07) is 12.8. The molecule has 8 nitrogen and oxygen atoms in total. The summed E-state index contributed by atoms with van der Waals surface area (Å²) in [6.07, 6.45) is 2.28. The van der Waals surface area contributed by atoms with Crippen molar-refractivity contribution >= 4 is 28.2 Å². The van der Waals surface area contributed by atoms with Crippen molar-refractivity contribution in [1.82, 2.24) is 9.47 Å². The summed E-state index contributed by atoms with van der Waals surface area (Å²) in [7, 11) is 1.47. The van der Waals surface area contributed by atoms with Gasteiger partial charge in [0.05, 0.1) is 37.2 Å². The Bertz CT molecular complexity index is 1590. The van der Waals surface area contributed by atoms with Crippen LogP contribution < -0.4 is 21.1 Å². The number of carbonyl (C=O) groups is 1. The highest BCUT2D eigenvalue weighted by Crippen LogP contribution is 2.42. The number of nitrogens with one attached hydrogen (secondary N) is 2. The van der Waals surface area contributed by atoms with Gasteiger partial charge in [0.15, 0.2) is 0 Å². The number of nitrogens with two attached hydrogens (primary N) is 1. The van der Waals surface area contributed by atoms with Gasteiger partial charge in [-0.25, -0.2) is 0 Å². The molecule has 1 aromatic heterocycles. The third-order valence-corrected chi connectivity index (χ3v) is 9.41. The molecule has 3 fully saturated rings. The lowest BCUT2D eigenvalue weighted by atomic mass is 9.73. The van der Waals surface area contributed by atoms with Gasteiger partial charge in [0, 0.05) is 53.8 Å². The van der Waals surface area contributed by atoms with Crippen LogP contribution in [0.3, 0.4) is 0 Å². The number of carbonyl (C=O) groups excluding carboxylic acids is 1. The molecule has 240 valence electrons. The van der Waals surface area contributed by atoms with Gasteiger partial charge in [-0.2, -0.15) is 13.2 Å². The van der Waals surface area contributed by atoms with E-state index in [-0.39, 0.29) is 18.3 Å². The topological polar surface area (TPSA) is 93.8 Å². The highest BCUT2D eigenvalue weighted by Gasteiger charge is 2.46. The number of nitrogens with zero attached hydrogens (tertiary/aromatic N) is 2. The number of benzene rings is 2. The second-order valence-corrected chi connectivity index (χ2v) is 12.6. The molecule has 0 unspecified atom stereocenters. The first-order chi connectivity index (χ1) is 21.6. The van der Waals surface area contributed by atoms with Gasteiger partial charge in [-0.3, -0.25) is 9.69 Å². The monoisotopic (exact) mass is 623 g/mol. The van der Waals surface area contributed by atoms with Gasteiger partial charge in [0.25, 0.3) is 0 Å². The number of hydrogen-bond donors (Lipinski definition) is 3. The van der Waals surface area contributed by atoms with Crippen LogP contribution in [0.4, 0.5) is 24.5 Å². The van der Waals surface area contributed by atoms with E-state index in [0.29, 0.717) is 34.0 Å². The van der Waals surface area contributed by atoms with Crippen molar-refractivity contribution in [3.8, 4) is 17.6 Å². The van der Waals surface area contributed by atoms with Crippen LogP contribution in [0.2, 0.25) is 0 Å². The van der Waals surface area contributed by atoms with E-state index in [9.17, 15) is 18.0 Å². The summed E-state index contributed by atoms with van der Waals surface area (Å²) in [5.41, 5.74) is 8.22. The maximum atomic E-state index is 13.7. The van der Waals surface area contributed by atoms with Crippen LogP contribution in [0, 0.1) is 17.3 Å². The number of likely N-dealkylation sites (tertiary alicyclic amines) is 1. The lowest BCUT2D eigenvalue weighted by Crippen LogP contribution is -2.63. The van der Waals surface area contributed by atoms with Crippen LogP contribution in [-0.2, 0) is 11.3 Å². The fourth-order valence-electron chi connectivity index (χ4n) is 7.17. The van der Waals surface area contributed by atoms with Crippen LogP contribution in [0.15, 0.2) is 42.5 Å². The molecule has 3 aromatic rings. The Kier molecular flexibility index (Phi) is 8.89. The third kappa shape index (κ3) is 7.02. The van der Waals surface area contributed by atoms with E-state index in [1.165, 1.54) is 24.2 Å². The van der Waals surface area contributed by atoms with E-state index in [1.807, 2.05) is 6.07 Å². The Morgan fingerprint density at radius 3 is 2.62 bits per heavy atom. The molecule has 1 amide bonds. The summed E-state index contributed by atoms with van der Waals surface area (Å²) >= 11 is 0. The number of halogens is 3. The van der Waals surface area contributed by atoms with Gasteiger partial charge in [-0.1, -0.05) is 12.0 Å². The first kappa shape index (κ1) is 31.1. The van der Waals surface area contributed by atoms with Crippen LogP contribution in [0.1, 0.15) is 54.6 Å². The number of alkyl halides is 3. The fraction of sp³-hybridized carbons (Fsp3) is 0.500. The minimum absolute atomic E-state index is 0.152. The Hall–Kier alpha value is -3.88. The lowest BCUT2D eigenvalue weighted by molar-refractivity contribution is -0.140. The highest BCUT2D eigenvalue weighted by molar-refractivity contribution is 5.94. The number of anilines is 2. The minimum atomic E-state index is -4.41. The van der Waals surface area contributed by atoms with Crippen molar-refractivity contribution in [2.24, 2.45) is 11.1 Å². The van der Waals surface area contributed by atoms with Crippen molar-refractivity contribution in [2.45, 2.75) is 63.3 Å². The molecule has 6 rings (SSSR count). The molecule has 1 aliphatic carbocycles. The summed E-state index contributed by atoms with van der Waals surface area (Å²) in [5, 5.41) is 7.48. The molecule has 0 atom stereocenters. The average Bonchev–Trinajstić information content (AvgIpc) is 3.35. The first-order valence-corrected chi connectivity index (χ1v) is 15.6. The maximum Gasteiger partial charge on any atom is 0.406 e.